The molecule has 4 aromatic rings. The number of methoxy groups -OCH3 is 1. The van der Waals surface area contributed by atoms with Gasteiger partial charge in [-0.3, -0.25) is 9.48 Å². The molecule has 0 bridgehead atoms. The number of anilines is 2. The van der Waals surface area contributed by atoms with Gasteiger partial charge in [0.25, 0.3) is 5.89 Å². The molecule has 0 spiro atoms. The minimum absolute atomic E-state index is 0.0285. The van der Waals surface area contributed by atoms with E-state index in [2.05, 4.69) is 30.7 Å². The van der Waals surface area contributed by atoms with Gasteiger partial charge in [-0.25, -0.2) is 15.0 Å². The van der Waals surface area contributed by atoms with Crippen molar-refractivity contribution in [3.05, 3.63) is 66.0 Å². The van der Waals surface area contributed by atoms with Gasteiger partial charge in [0.05, 0.1) is 13.3 Å². The molecule has 10 heteroatoms. The van der Waals surface area contributed by atoms with Gasteiger partial charge in [-0.05, 0) is 30.5 Å². The van der Waals surface area contributed by atoms with Crippen molar-refractivity contribution in [3.8, 4) is 17.1 Å². The van der Waals surface area contributed by atoms with Crippen molar-refractivity contribution in [2.75, 3.05) is 19.0 Å². The Hall–Kier alpha value is -4.21. The molecule has 32 heavy (non-hydrogen) atoms. The van der Waals surface area contributed by atoms with Gasteiger partial charge >= 0.3 is 5.91 Å². The Morgan fingerprint density at radius 3 is 2.84 bits per heavy atom. The zero-order chi connectivity index (χ0) is 22.5. The Labute approximate surface area is 184 Å². The van der Waals surface area contributed by atoms with Crippen LogP contribution < -0.4 is 15.4 Å². The van der Waals surface area contributed by atoms with E-state index in [1.54, 1.807) is 24.2 Å². The van der Waals surface area contributed by atoms with Crippen LogP contribution in [0.5, 0.6) is 5.75 Å². The van der Waals surface area contributed by atoms with Crippen molar-refractivity contribution in [2.45, 2.75) is 13.3 Å². The average molecular weight is 433 g/mol. The molecule has 0 saturated carbocycles. The second kappa shape index (κ2) is 9.29. The van der Waals surface area contributed by atoms with Crippen LogP contribution in [0.2, 0.25) is 0 Å². The summed E-state index contributed by atoms with van der Waals surface area (Å²) in [5.74, 6) is 1.50. The number of nitrogens with one attached hydrogen (secondary N) is 2. The Morgan fingerprint density at radius 1 is 1.22 bits per heavy atom. The van der Waals surface area contributed by atoms with E-state index in [0.717, 1.165) is 22.7 Å². The Balaban J connectivity index is 1.43. The lowest BCUT2D eigenvalue weighted by Crippen LogP contribution is -2.26. The largest absolute Gasteiger partial charge is 0.496 e. The molecule has 0 atom stereocenters. The van der Waals surface area contributed by atoms with Gasteiger partial charge < -0.3 is 19.8 Å². The molecular formula is C22H23N7O3. The van der Waals surface area contributed by atoms with Crippen LogP contribution in [0.3, 0.4) is 0 Å². The molecule has 3 heterocycles. The van der Waals surface area contributed by atoms with Gasteiger partial charge in [0.1, 0.15) is 29.2 Å². The van der Waals surface area contributed by atoms with Crippen LogP contribution in [0.4, 0.5) is 11.8 Å². The third-order valence-corrected chi connectivity index (χ3v) is 4.85. The molecule has 3 aromatic heterocycles. The van der Waals surface area contributed by atoms with Crippen molar-refractivity contribution in [1.29, 1.82) is 0 Å². The smallest absolute Gasteiger partial charge is 0.307 e. The molecule has 0 saturated heterocycles. The van der Waals surface area contributed by atoms with Crippen LogP contribution in [0, 0.1) is 6.92 Å². The molecular weight excluding hydrogens is 410 g/mol. The molecule has 10 nitrogen and oxygen atoms in total. The third-order valence-electron chi connectivity index (χ3n) is 4.85. The molecule has 0 aliphatic heterocycles. The molecule has 0 fully saturated rings. The number of ether oxygens (including phenoxy) is 1. The fraction of sp³-hybridized carbons (Fsp3) is 0.227. The predicted octanol–water partition coefficient (Wildman–Crippen LogP) is 2.90. The molecule has 164 valence electrons. The summed E-state index contributed by atoms with van der Waals surface area (Å²) in [6.45, 7) is 2.28. The minimum atomic E-state index is -0.397. The lowest BCUT2D eigenvalue weighted by molar-refractivity contribution is 0.0919. The fourth-order valence-electron chi connectivity index (χ4n) is 3.16. The molecule has 4 rings (SSSR count). The van der Waals surface area contributed by atoms with Gasteiger partial charge in [0.2, 0.25) is 5.95 Å². The van der Waals surface area contributed by atoms with E-state index in [0.29, 0.717) is 30.3 Å². The molecule has 0 aliphatic rings. The Morgan fingerprint density at radius 2 is 2.06 bits per heavy atom. The molecule has 1 amide bonds. The summed E-state index contributed by atoms with van der Waals surface area (Å²) in [7, 11) is 3.44. The SMILES string of the molecule is COc1ccccc1CCNC(=O)c1nc(-c2nc(Nc3ccnn3C)ncc2C)co1. The first-order chi connectivity index (χ1) is 15.5. The zero-order valence-corrected chi connectivity index (χ0v) is 18.0. The van der Waals surface area contributed by atoms with E-state index in [1.807, 2.05) is 44.3 Å². The van der Waals surface area contributed by atoms with Crippen LogP contribution in [-0.4, -0.2) is 44.3 Å². The highest BCUT2D eigenvalue weighted by molar-refractivity contribution is 5.90. The first kappa shape index (κ1) is 21.0. The molecule has 1 aromatic carbocycles. The number of para-hydroxylation sites is 1. The number of nitrogens with zero attached hydrogens (tertiary/aromatic N) is 5. The van der Waals surface area contributed by atoms with Crippen molar-refractivity contribution in [2.24, 2.45) is 7.05 Å². The fourth-order valence-corrected chi connectivity index (χ4v) is 3.16. The number of amides is 1. The van der Waals surface area contributed by atoms with E-state index in [9.17, 15) is 4.79 Å². The van der Waals surface area contributed by atoms with Crippen molar-refractivity contribution >= 4 is 17.7 Å². The van der Waals surface area contributed by atoms with Gasteiger partial charge in [0, 0.05) is 25.9 Å². The maximum atomic E-state index is 12.5. The average Bonchev–Trinajstić information content (AvgIpc) is 3.45. The number of hydrogen-bond acceptors (Lipinski definition) is 8. The van der Waals surface area contributed by atoms with Gasteiger partial charge in [-0.2, -0.15) is 5.10 Å². The quantitative estimate of drug-likeness (QED) is 0.435. The number of hydrogen-bond donors (Lipinski definition) is 2. The third kappa shape index (κ3) is 4.59. The van der Waals surface area contributed by atoms with E-state index >= 15 is 0 Å². The van der Waals surface area contributed by atoms with E-state index in [4.69, 9.17) is 9.15 Å². The number of carbonyl (C=O) groups excluding carboxylic acids is 1. The van der Waals surface area contributed by atoms with Crippen LogP contribution in [0.1, 0.15) is 21.8 Å². The zero-order valence-electron chi connectivity index (χ0n) is 18.0. The molecule has 0 unspecified atom stereocenters. The second-order valence-corrected chi connectivity index (χ2v) is 7.05. The Bertz CT molecular complexity index is 1230. The van der Waals surface area contributed by atoms with Crippen LogP contribution >= 0.6 is 0 Å². The highest BCUT2D eigenvalue weighted by Gasteiger charge is 2.17. The number of oxazole rings is 1. The lowest BCUT2D eigenvalue weighted by Gasteiger charge is -2.08. The lowest BCUT2D eigenvalue weighted by atomic mass is 10.1. The summed E-state index contributed by atoms with van der Waals surface area (Å²) < 4.78 is 12.4. The van der Waals surface area contributed by atoms with Crippen LogP contribution in [0.25, 0.3) is 11.4 Å². The number of benzene rings is 1. The first-order valence-corrected chi connectivity index (χ1v) is 10.00. The summed E-state index contributed by atoms with van der Waals surface area (Å²) >= 11 is 0. The predicted molar refractivity (Wildman–Crippen MR) is 118 cm³/mol. The van der Waals surface area contributed by atoms with Crippen LogP contribution in [-0.2, 0) is 13.5 Å². The monoisotopic (exact) mass is 433 g/mol. The number of aryl methyl sites for hydroxylation is 2. The van der Waals surface area contributed by atoms with Crippen molar-refractivity contribution < 1.29 is 13.9 Å². The minimum Gasteiger partial charge on any atom is -0.496 e. The molecule has 0 radical (unpaired) electrons. The van der Waals surface area contributed by atoms with Crippen molar-refractivity contribution in [3.63, 3.8) is 0 Å². The Kier molecular flexibility index (Phi) is 6.11. The first-order valence-electron chi connectivity index (χ1n) is 10.00. The number of carbonyl (C=O) groups is 1. The number of aromatic nitrogens is 5. The summed E-state index contributed by atoms with van der Waals surface area (Å²) in [4.78, 5) is 25.6. The maximum absolute atomic E-state index is 12.5. The van der Waals surface area contributed by atoms with E-state index < -0.39 is 5.91 Å². The highest BCUT2D eigenvalue weighted by Crippen LogP contribution is 2.22. The van der Waals surface area contributed by atoms with Gasteiger partial charge in [-0.15, -0.1) is 0 Å². The summed E-state index contributed by atoms with van der Waals surface area (Å²) in [6, 6.07) is 9.50. The molecule has 0 aliphatic carbocycles. The summed E-state index contributed by atoms with van der Waals surface area (Å²) in [6.07, 6.45) is 5.40. The van der Waals surface area contributed by atoms with E-state index in [-0.39, 0.29) is 5.89 Å². The summed E-state index contributed by atoms with van der Waals surface area (Å²) in [5, 5.41) is 10.0. The van der Waals surface area contributed by atoms with E-state index in [1.165, 1.54) is 6.26 Å². The standard InChI is InChI=1S/C22H23N7O3/c1-14-12-24-22(27-18-9-11-25-29(18)2)28-19(14)16-13-32-21(26-16)20(30)23-10-8-15-6-4-5-7-17(15)31-3/h4-7,9,11-13H,8,10H2,1-3H3,(H,23,30)(H,24,27,28). The maximum Gasteiger partial charge on any atom is 0.307 e. The highest BCUT2D eigenvalue weighted by atomic mass is 16.5. The summed E-state index contributed by atoms with van der Waals surface area (Å²) in [5.41, 5.74) is 2.83. The number of rotatable bonds is 8. The van der Waals surface area contributed by atoms with Gasteiger partial charge in [0.15, 0.2) is 0 Å². The second-order valence-electron chi connectivity index (χ2n) is 7.05. The van der Waals surface area contributed by atoms with Crippen LogP contribution in [0.15, 0.2) is 53.4 Å². The topological polar surface area (TPSA) is 120 Å². The van der Waals surface area contributed by atoms with Gasteiger partial charge in [-0.1, -0.05) is 18.2 Å². The normalized spacial score (nSPS) is 10.7. The molecule has 2 N–H and O–H groups in total. The van der Waals surface area contributed by atoms with Crippen molar-refractivity contribution in [1.82, 2.24) is 30.0 Å².